The van der Waals surface area contributed by atoms with Crippen LogP contribution in [0.3, 0.4) is 0 Å². The largest absolute Gasteiger partial charge is 0.478 e. The number of nitrogens with one attached hydrogen (secondary N) is 1. The van der Waals surface area contributed by atoms with Crippen molar-refractivity contribution in [2.24, 2.45) is 0 Å². The Morgan fingerprint density at radius 1 is 0.974 bits per heavy atom. The first-order chi connectivity index (χ1) is 18.3. The van der Waals surface area contributed by atoms with Crippen molar-refractivity contribution < 1.29 is 14.7 Å². The maximum Gasteiger partial charge on any atom is 0.336 e. The molecule has 1 atom stereocenters. The van der Waals surface area contributed by atoms with Gasteiger partial charge in [-0.1, -0.05) is 48.5 Å². The number of aryl methyl sites for hydroxylation is 1. The molecule has 2 aromatic heterocycles. The highest BCUT2D eigenvalue weighted by atomic mass is 16.4. The molecule has 3 aromatic carbocycles. The minimum Gasteiger partial charge on any atom is -0.478 e. The molecule has 0 fully saturated rings. The summed E-state index contributed by atoms with van der Waals surface area (Å²) in [5.74, 6) is -1.06. The Balaban J connectivity index is 1.39. The summed E-state index contributed by atoms with van der Waals surface area (Å²) < 4.78 is 2.25. The lowest BCUT2D eigenvalue weighted by Crippen LogP contribution is -2.26. The molecule has 1 unspecified atom stereocenters. The van der Waals surface area contributed by atoms with Gasteiger partial charge >= 0.3 is 5.97 Å². The summed E-state index contributed by atoms with van der Waals surface area (Å²) in [6.45, 7) is 6.79. The fourth-order valence-electron chi connectivity index (χ4n) is 4.88. The minimum absolute atomic E-state index is 0.120. The molecule has 6 heteroatoms. The Hall–Kier alpha value is -4.71. The number of hydrogen-bond acceptors (Lipinski definition) is 3. The van der Waals surface area contributed by atoms with Crippen LogP contribution in [-0.4, -0.2) is 26.5 Å². The van der Waals surface area contributed by atoms with E-state index in [9.17, 15) is 14.7 Å². The van der Waals surface area contributed by atoms with Gasteiger partial charge in [0.1, 0.15) is 0 Å². The Bertz CT molecular complexity index is 1640. The van der Waals surface area contributed by atoms with E-state index < -0.39 is 5.97 Å². The molecule has 0 saturated heterocycles. The highest BCUT2D eigenvalue weighted by molar-refractivity contribution is 5.99. The van der Waals surface area contributed by atoms with E-state index in [4.69, 9.17) is 0 Å². The van der Waals surface area contributed by atoms with E-state index in [1.807, 2.05) is 73.7 Å². The molecule has 6 nitrogen and oxygen atoms in total. The molecule has 38 heavy (non-hydrogen) atoms. The van der Waals surface area contributed by atoms with Crippen molar-refractivity contribution >= 4 is 22.8 Å². The molecule has 0 aliphatic carbocycles. The number of fused-ring (bicyclic) bond motifs is 1. The molecule has 0 radical (unpaired) electrons. The maximum atomic E-state index is 13.0. The van der Waals surface area contributed by atoms with Crippen LogP contribution in [0.2, 0.25) is 0 Å². The fraction of sp³-hybridized carbons (Fsp3) is 0.156. The van der Waals surface area contributed by atoms with E-state index in [1.165, 1.54) is 0 Å². The second-order valence-corrected chi connectivity index (χ2v) is 9.56. The third kappa shape index (κ3) is 4.81. The van der Waals surface area contributed by atoms with Gasteiger partial charge < -0.3 is 15.0 Å². The van der Waals surface area contributed by atoms with E-state index in [0.29, 0.717) is 17.7 Å². The fourth-order valence-corrected chi connectivity index (χ4v) is 4.88. The number of amides is 1. The lowest BCUT2D eigenvalue weighted by Gasteiger charge is -2.14. The van der Waals surface area contributed by atoms with Crippen LogP contribution in [0.5, 0.6) is 0 Å². The van der Waals surface area contributed by atoms with E-state index >= 15 is 0 Å². The van der Waals surface area contributed by atoms with Crippen molar-refractivity contribution in [1.29, 1.82) is 0 Å². The number of carbonyl (C=O) groups is 2. The molecule has 0 aliphatic rings. The summed E-state index contributed by atoms with van der Waals surface area (Å²) in [5, 5.41) is 13.6. The summed E-state index contributed by atoms with van der Waals surface area (Å²) in [5.41, 5.74) is 7.89. The number of aromatic carboxylic acids is 1. The Labute approximate surface area is 221 Å². The first kappa shape index (κ1) is 25.0. The molecule has 0 bridgehead atoms. The zero-order valence-electron chi connectivity index (χ0n) is 21.6. The highest BCUT2D eigenvalue weighted by Gasteiger charge is 2.17. The first-order valence-electron chi connectivity index (χ1n) is 12.6. The molecule has 5 rings (SSSR count). The van der Waals surface area contributed by atoms with Crippen molar-refractivity contribution in [2.45, 2.75) is 33.4 Å². The van der Waals surface area contributed by atoms with Gasteiger partial charge in [-0.2, -0.15) is 0 Å². The predicted molar refractivity (Wildman–Crippen MR) is 149 cm³/mol. The van der Waals surface area contributed by atoms with Crippen LogP contribution in [0, 0.1) is 13.8 Å². The van der Waals surface area contributed by atoms with E-state index in [-0.39, 0.29) is 17.5 Å². The van der Waals surface area contributed by atoms with Crippen molar-refractivity contribution in [3.05, 3.63) is 125 Å². The van der Waals surface area contributed by atoms with Crippen LogP contribution in [0.4, 0.5) is 0 Å². The molecule has 1 amide bonds. The van der Waals surface area contributed by atoms with Gasteiger partial charge in [-0.05, 0) is 78.9 Å². The molecule has 2 N–H and O–H groups in total. The smallest absolute Gasteiger partial charge is 0.336 e. The van der Waals surface area contributed by atoms with E-state index in [1.54, 1.807) is 24.5 Å². The van der Waals surface area contributed by atoms with Crippen LogP contribution in [0.1, 0.15) is 56.1 Å². The molecular formula is C32H29N3O3. The average molecular weight is 504 g/mol. The Kier molecular flexibility index (Phi) is 6.79. The van der Waals surface area contributed by atoms with Gasteiger partial charge in [0.2, 0.25) is 0 Å². The molecule has 0 spiro atoms. The Morgan fingerprint density at radius 3 is 2.45 bits per heavy atom. The normalized spacial score (nSPS) is 11.9. The van der Waals surface area contributed by atoms with E-state index in [0.717, 1.165) is 38.9 Å². The van der Waals surface area contributed by atoms with Crippen LogP contribution >= 0.6 is 0 Å². The number of nitrogens with zero attached hydrogens (tertiary/aromatic N) is 2. The number of hydrogen-bond donors (Lipinski definition) is 2. The van der Waals surface area contributed by atoms with Gasteiger partial charge in [0.15, 0.2) is 0 Å². The van der Waals surface area contributed by atoms with Gasteiger partial charge in [-0.15, -0.1) is 0 Å². The molecule has 2 heterocycles. The quantitative estimate of drug-likeness (QED) is 0.264. The number of carboxylic acids is 1. The van der Waals surface area contributed by atoms with Crippen molar-refractivity contribution in [3.63, 3.8) is 0 Å². The standard InChI is InChI=1S/C32H29N3O3/c1-20-22(3)35(19-23-10-12-24(13-11-23)27-8-4-5-9-28(27)32(37)38)30-15-14-25(17-29(20)30)31(36)34-21(2)26-7-6-16-33-18-26/h4-18,21H,19H2,1-3H3,(H,34,36)(H,37,38). The molecule has 0 saturated carbocycles. The van der Waals surface area contributed by atoms with Crippen molar-refractivity contribution in [2.75, 3.05) is 0 Å². The van der Waals surface area contributed by atoms with E-state index in [2.05, 4.69) is 28.7 Å². The monoisotopic (exact) mass is 503 g/mol. The van der Waals surface area contributed by atoms with Crippen LogP contribution in [0.25, 0.3) is 22.0 Å². The maximum absolute atomic E-state index is 13.0. The number of benzene rings is 3. The lowest BCUT2D eigenvalue weighted by molar-refractivity contribution is 0.0697. The van der Waals surface area contributed by atoms with Gasteiger partial charge in [-0.3, -0.25) is 9.78 Å². The van der Waals surface area contributed by atoms with Crippen molar-refractivity contribution in [1.82, 2.24) is 14.9 Å². The lowest BCUT2D eigenvalue weighted by atomic mass is 9.99. The molecule has 0 aliphatic heterocycles. The second kappa shape index (κ2) is 10.3. The number of rotatable bonds is 7. The minimum atomic E-state index is -0.936. The molecule has 5 aromatic rings. The third-order valence-corrected chi connectivity index (χ3v) is 7.20. The van der Waals surface area contributed by atoms with Crippen LogP contribution < -0.4 is 5.32 Å². The van der Waals surface area contributed by atoms with Gasteiger partial charge in [0, 0.05) is 41.1 Å². The number of aromatic nitrogens is 2. The van der Waals surface area contributed by atoms with Crippen molar-refractivity contribution in [3.8, 4) is 11.1 Å². The van der Waals surface area contributed by atoms with Gasteiger partial charge in [0.25, 0.3) is 5.91 Å². The summed E-state index contributed by atoms with van der Waals surface area (Å²) in [6.07, 6.45) is 3.48. The van der Waals surface area contributed by atoms with Gasteiger partial charge in [-0.25, -0.2) is 4.79 Å². The predicted octanol–water partition coefficient (Wildman–Crippen LogP) is 6.56. The highest BCUT2D eigenvalue weighted by Crippen LogP contribution is 2.29. The zero-order chi connectivity index (χ0) is 26.8. The number of carbonyl (C=O) groups excluding carboxylic acids is 1. The number of pyridine rings is 1. The van der Waals surface area contributed by atoms with Gasteiger partial charge in [0.05, 0.1) is 11.6 Å². The summed E-state index contributed by atoms with van der Waals surface area (Å²) in [7, 11) is 0. The molecule has 190 valence electrons. The molecular weight excluding hydrogens is 474 g/mol. The SMILES string of the molecule is Cc1c(C)n(Cc2ccc(-c3ccccc3C(=O)O)cc2)c2ccc(C(=O)NC(C)c3cccnc3)cc12. The average Bonchev–Trinajstić information content (AvgIpc) is 3.18. The number of carboxylic acid groups (broad SMARTS) is 1. The summed E-state index contributed by atoms with van der Waals surface area (Å²) in [6, 6.07) is 24.6. The summed E-state index contributed by atoms with van der Waals surface area (Å²) >= 11 is 0. The zero-order valence-corrected chi connectivity index (χ0v) is 21.6. The van der Waals surface area contributed by atoms with Crippen LogP contribution in [-0.2, 0) is 6.54 Å². The second-order valence-electron chi connectivity index (χ2n) is 9.56. The third-order valence-electron chi connectivity index (χ3n) is 7.20. The first-order valence-corrected chi connectivity index (χ1v) is 12.6. The topological polar surface area (TPSA) is 84.2 Å². The van der Waals surface area contributed by atoms with Crippen LogP contribution in [0.15, 0.2) is 91.3 Å². The summed E-state index contributed by atoms with van der Waals surface area (Å²) in [4.78, 5) is 28.8. The Morgan fingerprint density at radius 2 is 1.74 bits per heavy atom.